The number of quaternary nitrogens is 1. The predicted molar refractivity (Wildman–Crippen MR) is 194 cm³/mol. The number of cyclic esters (lactones) is 1. The number of alkyl halides is 2. The minimum absolute atomic E-state index is 0.00699. The van der Waals surface area contributed by atoms with E-state index in [2.05, 4.69) is 10.3 Å². The van der Waals surface area contributed by atoms with E-state index in [1.165, 1.54) is 39.5 Å². The molecular formula is C35H46ClF2N8O7S+. The Morgan fingerprint density at radius 1 is 1.09 bits per heavy atom. The van der Waals surface area contributed by atoms with Crippen LogP contribution in [-0.2, 0) is 30.3 Å². The van der Waals surface area contributed by atoms with Crippen LogP contribution < -0.4 is 31.3 Å². The summed E-state index contributed by atoms with van der Waals surface area (Å²) in [7, 11) is -2.12. The number of hydrogen-bond acceptors (Lipinski definition) is 10. The predicted octanol–water partition coefficient (Wildman–Crippen LogP) is 2.15. The lowest BCUT2D eigenvalue weighted by atomic mass is 9.80. The largest absolute Gasteiger partial charge is 0.489 e. The maximum absolute atomic E-state index is 16.1. The van der Waals surface area contributed by atoms with E-state index in [9.17, 15) is 22.8 Å². The van der Waals surface area contributed by atoms with Gasteiger partial charge < -0.3 is 35.6 Å². The molecule has 5 aliphatic rings. The molecule has 54 heavy (non-hydrogen) atoms. The number of likely N-dealkylation sites (tertiary alicyclic amines) is 1. The van der Waals surface area contributed by atoms with Gasteiger partial charge in [-0.15, -0.1) is 0 Å². The molecule has 5 N–H and O–H groups in total. The summed E-state index contributed by atoms with van der Waals surface area (Å²) in [5.74, 6) is -4.37. The lowest BCUT2D eigenvalue weighted by Gasteiger charge is -2.37. The molecule has 2 aromatic rings. The summed E-state index contributed by atoms with van der Waals surface area (Å²) in [6, 6.07) is 5.78. The maximum atomic E-state index is 16.1. The zero-order valence-electron chi connectivity index (χ0n) is 30.0. The average Bonchev–Trinajstić information content (AvgIpc) is 3.69. The zero-order chi connectivity index (χ0) is 38.6. The van der Waals surface area contributed by atoms with E-state index in [1.54, 1.807) is 4.90 Å². The third-order valence-electron chi connectivity index (χ3n) is 11.7. The molecule has 3 amide bonds. The van der Waals surface area contributed by atoms with Gasteiger partial charge in [-0.3, -0.25) is 14.5 Å². The highest BCUT2D eigenvalue weighted by Gasteiger charge is 2.48. The first-order valence-corrected chi connectivity index (χ1v) is 20.1. The highest BCUT2D eigenvalue weighted by Crippen LogP contribution is 2.45. The molecule has 1 saturated carbocycles. The van der Waals surface area contributed by atoms with Gasteiger partial charge in [0.15, 0.2) is 12.6 Å². The van der Waals surface area contributed by atoms with E-state index in [4.69, 9.17) is 32.5 Å². The number of likely N-dealkylation sites (N-methyl/N-ethyl adjacent to an activating group) is 1. The number of hydrogen-bond donors (Lipinski definition) is 3. The number of rotatable bonds is 10. The van der Waals surface area contributed by atoms with Crippen molar-refractivity contribution in [2.24, 2.45) is 17.4 Å². The Morgan fingerprint density at radius 2 is 1.81 bits per heavy atom. The SMILES string of the molecule is C[N@@+]1(CC(N)=O)CCC[C@H]1C(=O)NC1CCC(C(F)(F)c2cc(Cl)nc(N3CCN(S(=O)(=O)c4ccc5c(c4)OC[C@@H]4[C@H](CN)OC(=O)N54)CC3)c2)CC1. The fraction of sp³-hybridized carbons (Fsp3) is 0.600. The molecule has 5 heterocycles. The Morgan fingerprint density at radius 3 is 2.50 bits per heavy atom. The summed E-state index contributed by atoms with van der Waals surface area (Å²) >= 11 is 6.30. The van der Waals surface area contributed by atoms with Gasteiger partial charge in [-0.1, -0.05) is 11.6 Å². The molecule has 3 saturated heterocycles. The number of ether oxygens (including phenoxy) is 2. The van der Waals surface area contributed by atoms with Crippen LogP contribution in [0.4, 0.5) is 25.1 Å². The van der Waals surface area contributed by atoms with Gasteiger partial charge in [0.2, 0.25) is 10.0 Å². The topological polar surface area (TPSA) is 190 Å². The Balaban J connectivity index is 0.964. The van der Waals surface area contributed by atoms with Gasteiger partial charge in [0.1, 0.15) is 35.5 Å². The molecule has 0 radical (unpaired) electrons. The highest BCUT2D eigenvalue weighted by molar-refractivity contribution is 7.89. The van der Waals surface area contributed by atoms with Gasteiger partial charge >= 0.3 is 6.09 Å². The summed E-state index contributed by atoms with van der Waals surface area (Å²) < 4.78 is 72.3. The van der Waals surface area contributed by atoms with Crippen LogP contribution in [0.3, 0.4) is 0 Å². The summed E-state index contributed by atoms with van der Waals surface area (Å²) in [6.45, 7) is 1.49. The van der Waals surface area contributed by atoms with Crippen molar-refractivity contribution in [1.82, 2.24) is 14.6 Å². The number of amides is 3. The number of nitrogens with two attached hydrogens (primary N) is 2. The number of pyridine rings is 1. The van der Waals surface area contributed by atoms with Crippen LogP contribution in [0.1, 0.15) is 44.1 Å². The van der Waals surface area contributed by atoms with Crippen LogP contribution in [0.2, 0.25) is 5.15 Å². The van der Waals surface area contributed by atoms with Crippen molar-refractivity contribution >= 4 is 51.0 Å². The number of nitrogens with one attached hydrogen (secondary N) is 1. The molecule has 1 aromatic carbocycles. The number of carbonyl (C=O) groups is 3. The first kappa shape index (κ1) is 38.4. The van der Waals surface area contributed by atoms with E-state index >= 15 is 8.78 Å². The Kier molecular flexibility index (Phi) is 10.4. The van der Waals surface area contributed by atoms with Crippen LogP contribution in [-0.4, -0.2) is 124 Å². The van der Waals surface area contributed by atoms with Crippen LogP contribution in [0.5, 0.6) is 5.75 Å². The zero-order valence-corrected chi connectivity index (χ0v) is 31.5. The first-order valence-electron chi connectivity index (χ1n) is 18.3. The van der Waals surface area contributed by atoms with E-state index in [-0.39, 0.29) is 102 Å². The van der Waals surface area contributed by atoms with E-state index in [0.717, 1.165) is 6.42 Å². The summed E-state index contributed by atoms with van der Waals surface area (Å²) in [5.41, 5.74) is 11.3. The monoisotopic (exact) mass is 795 g/mol. The smallest absolute Gasteiger partial charge is 0.415 e. The second-order valence-corrected chi connectivity index (χ2v) is 17.5. The molecule has 19 heteroatoms. The molecule has 1 aromatic heterocycles. The molecule has 0 spiro atoms. The number of benzene rings is 1. The molecular weight excluding hydrogens is 750 g/mol. The summed E-state index contributed by atoms with van der Waals surface area (Å²) in [5, 5.41) is 2.95. The van der Waals surface area contributed by atoms with Gasteiger partial charge in [0.05, 0.1) is 24.2 Å². The molecule has 1 aliphatic carbocycles. The van der Waals surface area contributed by atoms with Crippen molar-refractivity contribution in [3.63, 3.8) is 0 Å². The summed E-state index contributed by atoms with van der Waals surface area (Å²) in [6.07, 6.45) is 1.49. The lowest BCUT2D eigenvalue weighted by Crippen LogP contribution is -2.59. The fourth-order valence-electron chi connectivity index (χ4n) is 8.73. The Hall–Kier alpha value is -3.84. The molecule has 0 bridgehead atoms. The summed E-state index contributed by atoms with van der Waals surface area (Å²) in [4.78, 5) is 44.8. The molecule has 15 nitrogen and oxygen atoms in total. The fourth-order valence-corrected chi connectivity index (χ4v) is 10.4. The van der Waals surface area contributed by atoms with Crippen molar-refractivity contribution in [2.45, 2.75) is 73.6 Å². The second-order valence-electron chi connectivity index (χ2n) is 15.1. The number of fused-ring (bicyclic) bond motifs is 3. The molecule has 0 unspecified atom stereocenters. The number of primary amides is 1. The van der Waals surface area contributed by atoms with Gasteiger partial charge in [-0.05, 0) is 49.9 Å². The third kappa shape index (κ3) is 7.18. The lowest BCUT2D eigenvalue weighted by molar-refractivity contribution is -0.904. The van der Waals surface area contributed by atoms with Crippen molar-refractivity contribution in [1.29, 1.82) is 0 Å². The van der Waals surface area contributed by atoms with Gasteiger partial charge in [-0.25, -0.2) is 27.0 Å². The molecule has 7 rings (SSSR count). The quantitative estimate of drug-likeness (QED) is 0.237. The van der Waals surface area contributed by atoms with Crippen LogP contribution in [0.25, 0.3) is 0 Å². The number of anilines is 2. The number of aromatic nitrogens is 1. The van der Waals surface area contributed by atoms with E-state index in [0.29, 0.717) is 31.5 Å². The minimum atomic E-state index is -3.97. The Labute approximate surface area is 317 Å². The van der Waals surface area contributed by atoms with Crippen LogP contribution in [0, 0.1) is 5.92 Å². The van der Waals surface area contributed by atoms with Crippen LogP contribution >= 0.6 is 11.6 Å². The molecule has 4 atom stereocenters. The number of carbonyl (C=O) groups excluding carboxylic acids is 3. The van der Waals surface area contributed by atoms with Gasteiger partial charge in [0.25, 0.3) is 17.7 Å². The highest BCUT2D eigenvalue weighted by atomic mass is 35.5. The molecule has 4 aliphatic heterocycles. The van der Waals surface area contributed by atoms with E-state index < -0.39 is 52.1 Å². The van der Waals surface area contributed by atoms with Crippen molar-refractivity contribution in [2.75, 3.05) is 69.3 Å². The molecule has 4 fully saturated rings. The second kappa shape index (κ2) is 14.7. The molecule has 294 valence electrons. The number of halogens is 3. The Bertz CT molecular complexity index is 1910. The minimum Gasteiger partial charge on any atom is -0.489 e. The van der Waals surface area contributed by atoms with Crippen molar-refractivity contribution in [3.05, 3.63) is 41.0 Å². The van der Waals surface area contributed by atoms with Gasteiger partial charge in [-0.2, -0.15) is 4.31 Å². The van der Waals surface area contributed by atoms with Crippen molar-refractivity contribution in [3.8, 4) is 5.75 Å². The maximum Gasteiger partial charge on any atom is 0.415 e. The number of sulfonamides is 1. The first-order chi connectivity index (χ1) is 25.6. The van der Waals surface area contributed by atoms with Gasteiger partial charge in [0, 0.05) is 69.2 Å². The number of piperazine rings is 1. The average molecular weight is 796 g/mol. The van der Waals surface area contributed by atoms with E-state index in [1.807, 2.05) is 7.05 Å². The van der Waals surface area contributed by atoms with Crippen LogP contribution in [0.15, 0.2) is 35.2 Å². The normalized spacial score (nSPS) is 28.9. The number of nitrogens with zero attached hydrogens (tertiary/aromatic N) is 5. The standard InChI is InChI=1S/C35H45ClF2N8O7S/c1-46(19-31(40)47)14-2-3-27(46)33(48)41-23-6-4-21(5-7-23)35(37,38)22-15-30(36)42-32(16-22)43-10-12-44(13-11-43)54(50,51)24-8-9-25-28(17-24)52-20-26-29(18-39)53-34(49)45(25)26/h8-9,15-17,21,23,26-27,29H,2-7,10-14,18-20,39H2,1H3,(H2-,40,41,47,48)/p+1/t21?,23?,26-,27+,29+,46+/m1/s1. The third-order valence-corrected chi connectivity index (χ3v) is 13.8. The van der Waals surface area contributed by atoms with Crippen molar-refractivity contribution < 1.29 is 45.5 Å².